The molecule has 2 saturated carbocycles. The van der Waals surface area contributed by atoms with E-state index in [1.165, 1.54) is 43.8 Å². The topological polar surface area (TPSA) is 91.7 Å². The minimum atomic E-state index is 0.343. The predicted octanol–water partition coefficient (Wildman–Crippen LogP) is 2.02. The van der Waals surface area contributed by atoms with Crippen molar-refractivity contribution in [3.05, 3.63) is 12.2 Å². The van der Waals surface area contributed by atoms with Gasteiger partial charge in [-0.3, -0.25) is 0 Å². The molecule has 0 radical (unpaired) electrons. The highest BCUT2D eigenvalue weighted by Crippen LogP contribution is 2.47. The molecule has 2 aliphatic rings. The Bertz CT molecular complexity index is 679. The maximum absolute atomic E-state index is 5.83. The first-order valence-electron chi connectivity index (χ1n) is 7.05. The van der Waals surface area contributed by atoms with Crippen LogP contribution in [0.15, 0.2) is 16.5 Å². The third-order valence-corrected chi connectivity index (χ3v) is 4.68. The van der Waals surface area contributed by atoms with Gasteiger partial charge >= 0.3 is 0 Å². The van der Waals surface area contributed by atoms with Crippen LogP contribution in [0.1, 0.15) is 43.5 Å². The maximum Gasteiger partial charge on any atom is 0.197 e. The molecule has 2 aromatic heterocycles. The lowest BCUT2D eigenvalue weighted by Crippen LogP contribution is -2.03. The van der Waals surface area contributed by atoms with E-state index in [0.29, 0.717) is 28.6 Å². The fraction of sp³-hybridized carbons (Fsp3) is 0.538. The lowest BCUT2D eigenvalue weighted by atomic mass is 10.4. The molecule has 0 unspecified atom stereocenters. The van der Waals surface area contributed by atoms with E-state index in [1.807, 2.05) is 0 Å². The molecule has 0 aliphatic heterocycles. The van der Waals surface area contributed by atoms with Crippen LogP contribution in [0.5, 0.6) is 5.75 Å². The van der Waals surface area contributed by atoms with Crippen LogP contribution in [0.3, 0.4) is 0 Å². The van der Waals surface area contributed by atoms with Crippen molar-refractivity contribution in [3.63, 3.8) is 0 Å². The molecule has 2 aromatic rings. The molecule has 0 saturated heterocycles. The summed E-state index contributed by atoms with van der Waals surface area (Å²) in [6.07, 6.45) is 6.29. The number of ether oxygens (including phenoxy) is 1. The number of nitrogens with two attached hydrogens (primary N) is 1. The van der Waals surface area contributed by atoms with E-state index in [2.05, 4.69) is 24.7 Å². The number of anilines is 1. The van der Waals surface area contributed by atoms with Crippen LogP contribution in [0.4, 0.5) is 5.82 Å². The zero-order chi connectivity index (χ0) is 14.4. The molecule has 0 amide bonds. The van der Waals surface area contributed by atoms with Crippen molar-refractivity contribution in [1.82, 2.24) is 24.7 Å². The van der Waals surface area contributed by atoms with Gasteiger partial charge in [0.05, 0.1) is 7.11 Å². The van der Waals surface area contributed by atoms with E-state index in [1.54, 1.807) is 7.11 Å². The standard InChI is InChI=1S/C13H16N6OS/c1-20-9-10(14)15-6-16-12(9)21-13-18-17-11(7-2-3-7)19(13)8-4-5-8/h6-8H,2-5H2,1H3,(H2,14,15,16). The normalized spacial score (nSPS) is 18.0. The van der Waals surface area contributed by atoms with Gasteiger partial charge in [0.25, 0.3) is 0 Å². The van der Waals surface area contributed by atoms with E-state index >= 15 is 0 Å². The zero-order valence-corrected chi connectivity index (χ0v) is 12.5. The number of aromatic nitrogens is 5. The Morgan fingerprint density at radius 1 is 1.24 bits per heavy atom. The molecular formula is C13H16N6OS. The first-order chi connectivity index (χ1) is 10.3. The third kappa shape index (κ3) is 2.33. The molecule has 0 bridgehead atoms. The number of rotatable bonds is 5. The summed E-state index contributed by atoms with van der Waals surface area (Å²) in [7, 11) is 1.57. The first-order valence-corrected chi connectivity index (χ1v) is 7.86. The molecule has 8 heteroatoms. The second-order valence-electron chi connectivity index (χ2n) is 5.42. The van der Waals surface area contributed by atoms with E-state index < -0.39 is 0 Å². The third-order valence-electron chi connectivity index (χ3n) is 3.74. The minimum Gasteiger partial charge on any atom is -0.490 e. The Kier molecular flexibility index (Phi) is 2.99. The predicted molar refractivity (Wildman–Crippen MR) is 77.4 cm³/mol. The van der Waals surface area contributed by atoms with Crippen molar-refractivity contribution in [2.75, 3.05) is 12.8 Å². The lowest BCUT2D eigenvalue weighted by molar-refractivity contribution is 0.401. The average molecular weight is 304 g/mol. The lowest BCUT2D eigenvalue weighted by Gasteiger charge is -2.10. The summed E-state index contributed by atoms with van der Waals surface area (Å²) in [5.74, 6) is 2.56. The van der Waals surface area contributed by atoms with Crippen LogP contribution in [-0.2, 0) is 0 Å². The van der Waals surface area contributed by atoms with Gasteiger partial charge in [0, 0.05) is 12.0 Å². The maximum atomic E-state index is 5.83. The zero-order valence-electron chi connectivity index (χ0n) is 11.7. The van der Waals surface area contributed by atoms with Crippen LogP contribution in [0.25, 0.3) is 0 Å². The van der Waals surface area contributed by atoms with E-state index in [9.17, 15) is 0 Å². The summed E-state index contributed by atoms with van der Waals surface area (Å²) in [5.41, 5.74) is 5.83. The summed E-state index contributed by atoms with van der Waals surface area (Å²) < 4.78 is 7.58. The van der Waals surface area contributed by atoms with Gasteiger partial charge in [-0.15, -0.1) is 10.2 Å². The highest BCUT2D eigenvalue weighted by Gasteiger charge is 2.36. The van der Waals surface area contributed by atoms with Crippen molar-refractivity contribution in [3.8, 4) is 5.75 Å². The van der Waals surface area contributed by atoms with Gasteiger partial charge in [-0.25, -0.2) is 9.97 Å². The number of nitrogen functional groups attached to an aromatic ring is 1. The van der Waals surface area contributed by atoms with Crippen molar-refractivity contribution in [1.29, 1.82) is 0 Å². The van der Waals surface area contributed by atoms with Gasteiger partial charge in [0.2, 0.25) is 0 Å². The minimum absolute atomic E-state index is 0.343. The number of hydrogen-bond acceptors (Lipinski definition) is 7. The van der Waals surface area contributed by atoms with Gasteiger partial charge in [0.15, 0.2) is 21.7 Å². The van der Waals surface area contributed by atoms with Crippen LogP contribution in [-0.4, -0.2) is 31.8 Å². The largest absolute Gasteiger partial charge is 0.490 e. The van der Waals surface area contributed by atoms with E-state index in [0.717, 1.165) is 11.0 Å². The van der Waals surface area contributed by atoms with Gasteiger partial charge < -0.3 is 15.0 Å². The Labute approximate surface area is 126 Å². The summed E-state index contributed by atoms with van der Waals surface area (Å²) in [6, 6.07) is 0.545. The molecule has 2 aliphatic carbocycles. The molecule has 7 nitrogen and oxygen atoms in total. The second-order valence-corrected chi connectivity index (χ2v) is 6.37. The average Bonchev–Trinajstić information content (AvgIpc) is 3.39. The molecule has 110 valence electrons. The molecule has 21 heavy (non-hydrogen) atoms. The summed E-state index contributed by atoms with van der Waals surface area (Å²) in [6.45, 7) is 0. The molecule has 2 N–H and O–H groups in total. The van der Waals surface area contributed by atoms with Crippen molar-refractivity contribution in [2.45, 2.75) is 47.8 Å². The summed E-state index contributed by atoms with van der Waals surface area (Å²) in [4.78, 5) is 8.21. The van der Waals surface area contributed by atoms with Crippen LogP contribution in [0, 0.1) is 0 Å². The summed E-state index contributed by atoms with van der Waals surface area (Å²) in [5, 5.41) is 10.3. The molecule has 0 spiro atoms. The number of hydrogen-bond donors (Lipinski definition) is 1. The van der Waals surface area contributed by atoms with Crippen molar-refractivity contribution in [2.24, 2.45) is 0 Å². The Morgan fingerprint density at radius 2 is 2.05 bits per heavy atom. The van der Waals surface area contributed by atoms with Crippen LogP contribution >= 0.6 is 11.8 Å². The Balaban J connectivity index is 1.70. The second kappa shape index (κ2) is 4.87. The van der Waals surface area contributed by atoms with Gasteiger partial charge in [-0.2, -0.15) is 0 Å². The van der Waals surface area contributed by atoms with E-state index in [-0.39, 0.29) is 0 Å². The SMILES string of the molecule is COc1c(N)ncnc1Sc1nnc(C2CC2)n1C1CC1. The highest BCUT2D eigenvalue weighted by atomic mass is 32.2. The number of nitrogens with zero attached hydrogens (tertiary/aromatic N) is 5. The Hall–Kier alpha value is -1.83. The van der Waals surface area contributed by atoms with Crippen LogP contribution < -0.4 is 10.5 Å². The first kappa shape index (κ1) is 12.9. The molecular weight excluding hydrogens is 288 g/mol. The molecule has 2 fully saturated rings. The monoisotopic (exact) mass is 304 g/mol. The Morgan fingerprint density at radius 3 is 2.71 bits per heavy atom. The molecule has 2 heterocycles. The molecule has 0 atom stereocenters. The fourth-order valence-electron chi connectivity index (χ4n) is 2.38. The van der Waals surface area contributed by atoms with E-state index in [4.69, 9.17) is 10.5 Å². The van der Waals surface area contributed by atoms with Crippen molar-refractivity contribution < 1.29 is 4.74 Å². The summed E-state index contributed by atoms with van der Waals surface area (Å²) >= 11 is 1.45. The van der Waals surface area contributed by atoms with Gasteiger partial charge in [-0.05, 0) is 37.4 Å². The smallest absolute Gasteiger partial charge is 0.197 e. The van der Waals surface area contributed by atoms with Crippen molar-refractivity contribution >= 4 is 17.6 Å². The fourth-order valence-corrected chi connectivity index (χ4v) is 3.35. The number of methoxy groups -OCH3 is 1. The molecule has 4 rings (SSSR count). The van der Waals surface area contributed by atoms with Gasteiger partial charge in [0.1, 0.15) is 12.2 Å². The highest BCUT2D eigenvalue weighted by molar-refractivity contribution is 7.99. The quantitative estimate of drug-likeness (QED) is 0.845. The van der Waals surface area contributed by atoms with Crippen LogP contribution in [0.2, 0.25) is 0 Å². The van der Waals surface area contributed by atoms with Gasteiger partial charge in [-0.1, -0.05) is 0 Å². The molecule has 0 aromatic carbocycles.